The molecule has 1 N–H and O–H groups in total. The zero-order chi connectivity index (χ0) is 21.3. The number of hydrogen-bond acceptors (Lipinski definition) is 5. The lowest BCUT2D eigenvalue weighted by Gasteiger charge is -2.24. The van der Waals surface area contributed by atoms with E-state index in [0.717, 1.165) is 27.4 Å². The van der Waals surface area contributed by atoms with Crippen LogP contribution in [0.1, 0.15) is 24.8 Å². The number of rotatable bonds is 6. The largest absolute Gasteiger partial charge is 0.306 e. The van der Waals surface area contributed by atoms with Crippen molar-refractivity contribution in [3.8, 4) is 11.3 Å². The van der Waals surface area contributed by atoms with Gasteiger partial charge in [0.1, 0.15) is 5.65 Å². The molecule has 0 saturated carbocycles. The Morgan fingerprint density at radius 3 is 2.63 bits per heavy atom. The number of anilines is 1. The van der Waals surface area contributed by atoms with Gasteiger partial charge in [-0.05, 0) is 43.2 Å². The monoisotopic (exact) mass is 426 g/mol. The molecular weight excluding hydrogens is 404 g/mol. The van der Waals surface area contributed by atoms with Crippen molar-refractivity contribution < 1.29 is 18.0 Å². The van der Waals surface area contributed by atoms with Gasteiger partial charge in [0.15, 0.2) is 0 Å². The SMILES string of the molecule is Cc1ccn2cc(-c3cccc(NS(=O)(=O)CCN4C(=O)CCCC4=O)c3)nc2c1. The standard InChI is InChI=1S/C21H22N4O4S/c1-15-8-9-24-14-18(22-19(24)12-15)16-4-2-5-17(13-16)23-30(28,29)11-10-25-20(26)6-3-7-21(25)27/h2,4-5,8-9,12-14,23H,3,6-7,10-11H2,1H3. The molecule has 30 heavy (non-hydrogen) atoms. The highest BCUT2D eigenvalue weighted by Crippen LogP contribution is 2.23. The number of fused-ring (bicyclic) bond motifs is 1. The summed E-state index contributed by atoms with van der Waals surface area (Å²) in [6.07, 6.45) is 4.89. The van der Waals surface area contributed by atoms with Gasteiger partial charge in [-0.15, -0.1) is 0 Å². The fourth-order valence-electron chi connectivity index (χ4n) is 3.46. The van der Waals surface area contributed by atoms with Crippen LogP contribution in [0.25, 0.3) is 16.9 Å². The van der Waals surface area contributed by atoms with Crippen molar-refractivity contribution in [2.24, 2.45) is 0 Å². The summed E-state index contributed by atoms with van der Waals surface area (Å²) in [6, 6.07) is 10.9. The van der Waals surface area contributed by atoms with E-state index in [4.69, 9.17) is 0 Å². The van der Waals surface area contributed by atoms with Gasteiger partial charge in [0.2, 0.25) is 21.8 Å². The highest BCUT2D eigenvalue weighted by molar-refractivity contribution is 7.92. The van der Waals surface area contributed by atoms with Crippen LogP contribution in [0.5, 0.6) is 0 Å². The number of imide groups is 1. The molecule has 1 aliphatic rings. The Bertz CT molecular complexity index is 1220. The number of imidazole rings is 1. The van der Waals surface area contributed by atoms with Crippen LogP contribution in [0.15, 0.2) is 48.8 Å². The number of amides is 2. The number of sulfonamides is 1. The summed E-state index contributed by atoms with van der Waals surface area (Å²) >= 11 is 0. The van der Waals surface area contributed by atoms with Gasteiger partial charge in [0, 0.05) is 43.0 Å². The molecule has 3 heterocycles. The first kappa shape index (κ1) is 20.1. The third-order valence-corrected chi connectivity index (χ3v) is 6.28. The van der Waals surface area contributed by atoms with Crippen LogP contribution in [0, 0.1) is 6.92 Å². The minimum absolute atomic E-state index is 0.140. The lowest BCUT2D eigenvalue weighted by Crippen LogP contribution is -2.43. The first-order chi connectivity index (χ1) is 14.3. The highest BCUT2D eigenvalue weighted by Gasteiger charge is 2.27. The third-order valence-electron chi connectivity index (χ3n) is 5.01. The molecule has 0 bridgehead atoms. The lowest BCUT2D eigenvalue weighted by atomic mass is 10.1. The maximum Gasteiger partial charge on any atom is 0.234 e. The number of nitrogens with zero attached hydrogens (tertiary/aromatic N) is 3. The van der Waals surface area contributed by atoms with E-state index in [1.807, 2.05) is 41.9 Å². The second-order valence-electron chi connectivity index (χ2n) is 7.39. The lowest BCUT2D eigenvalue weighted by molar-refractivity contribution is -0.147. The van der Waals surface area contributed by atoms with E-state index in [2.05, 4.69) is 9.71 Å². The molecule has 0 spiro atoms. The van der Waals surface area contributed by atoms with Crippen molar-refractivity contribution in [1.82, 2.24) is 14.3 Å². The highest BCUT2D eigenvalue weighted by atomic mass is 32.2. The van der Waals surface area contributed by atoms with E-state index in [-0.39, 0.29) is 37.0 Å². The molecule has 0 aliphatic carbocycles. The summed E-state index contributed by atoms with van der Waals surface area (Å²) < 4.78 is 29.4. The van der Waals surface area contributed by atoms with E-state index in [0.29, 0.717) is 12.1 Å². The number of likely N-dealkylation sites (tertiary alicyclic amines) is 1. The van der Waals surface area contributed by atoms with Crippen molar-refractivity contribution in [3.05, 3.63) is 54.4 Å². The fraction of sp³-hybridized carbons (Fsp3) is 0.286. The average Bonchev–Trinajstić information content (AvgIpc) is 3.10. The van der Waals surface area contributed by atoms with Crippen molar-refractivity contribution in [1.29, 1.82) is 0 Å². The zero-order valence-corrected chi connectivity index (χ0v) is 17.4. The minimum atomic E-state index is -3.73. The van der Waals surface area contributed by atoms with E-state index in [1.165, 1.54) is 0 Å². The fourth-order valence-corrected chi connectivity index (χ4v) is 4.47. The van der Waals surface area contributed by atoms with Crippen LogP contribution in [-0.2, 0) is 19.6 Å². The van der Waals surface area contributed by atoms with Crippen molar-refractivity contribution in [2.45, 2.75) is 26.2 Å². The Morgan fingerprint density at radius 2 is 1.87 bits per heavy atom. The number of nitrogens with one attached hydrogen (secondary N) is 1. The van der Waals surface area contributed by atoms with Crippen LogP contribution in [0.4, 0.5) is 5.69 Å². The molecule has 8 nitrogen and oxygen atoms in total. The summed E-state index contributed by atoms with van der Waals surface area (Å²) in [5.74, 6) is -0.974. The van der Waals surface area contributed by atoms with Gasteiger partial charge >= 0.3 is 0 Å². The molecule has 1 aromatic carbocycles. The van der Waals surface area contributed by atoms with E-state index >= 15 is 0 Å². The summed E-state index contributed by atoms with van der Waals surface area (Å²) in [7, 11) is -3.73. The molecule has 0 atom stereocenters. The first-order valence-electron chi connectivity index (χ1n) is 9.70. The second-order valence-corrected chi connectivity index (χ2v) is 9.23. The molecule has 2 amide bonds. The number of aromatic nitrogens is 2. The molecule has 9 heteroatoms. The predicted molar refractivity (Wildman–Crippen MR) is 113 cm³/mol. The number of aryl methyl sites for hydroxylation is 1. The molecule has 1 fully saturated rings. The van der Waals surface area contributed by atoms with E-state index in [1.54, 1.807) is 18.2 Å². The van der Waals surface area contributed by atoms with E-state index in [9.17, 15) is 18.0 Å². The average molecular weight is 426 g/mol. The van der Waals surface area contributed by atoms with Crippen LogP contribution >= 0.6 is 0 Å². The Kier molecular flexibility index (Phi) is 5.29. The molecule has 3 aromatic rings. The normalized spacial score (nSPS) is 15.0. The van der Waals surface area contributed by atoms with Crippen molar-refractivity contribution in [3.63, 3.8) is 0 Å². The third kappa shape index (κ3) is 4.35. The summed E-state index contributed by atoms with van der Waals surface area (Å²) in [5, 5.41) is 0. The molecule has 2 aromatic heterocycles. The molecule has 156 valence electrons. The number of piperidine rings is 1. The topological polar surface area (TPSA) is 101 Å². The number of carbonyl (C=O) groups is 2. The Labute approximate surface area is 174 Å². The summed E-state index contributed by atoms with van der Waals surface area (Å²) in [4.78, 5) is 29.4. The van der Waals surface area contributed by atoms with Crippen LogP contribution in [-0.4, -0.2) is 46.8 Å². The van der Waals surface area contributed by atoms with Crippen molar-refractivity contribution in [2.75, 3.05) is 17.0 Å². The van der Waals surface area contributed by atoms with Gasteiger partial charge < -0.3 is 4.40 Å². The molecule has 0 radical (unpaired) electrons. The summed E-state index contributed by atoms with van der Waals surface area (Å²) in [6.45, 7) is 1.85. The molecular formula is C21H22N4O4S. The minimum Gasteiger partial charge on any atom is -0.306 e. The molecule has 1 saturated heterocycles. The Morgan fingerprint density at radius 1 is 1.10 bits per heavy atom. The van der Waals surface area contributed by atoms with Gasteiger partial charge in [-0.2, -0.15) is 0 Å². The quantitative estimate of drug-likeness (QED) is 0.611. The maximum atomic E-state index is 12.5. The number of benzene rings is 1. The smallest absolute Gasteiger partial charge is 0.234 e. The second kappa shape index (κ2) is 7.91. The van der Waals surface area contributed by atoms with Gasteiger partial charge in [0.25, 0.3) is 0 Å². The number of carbonyl (C=O) groups excluding carboxylic acids is 2. The zero-order valence-electron chi connectivity index (χ0n) is 16.5. The van der Waals surface area contributed by atoms with Gasteiger partial charge in [0.05, 0.1) is 11.4 Å². The van der Waals surface area contributed by atoms with Gasteiger partial charge in [-0.25, -0.2) is 13.4 Å². The van der Waals surface area contributed by atoms with Gasteiger partial charge in [-0.1, -0.05) is 12.1 Å². The molecule has 1 aliphatic heterocycles. The number of hydrogen-bond donors (Lipinski definition) is 1. The van der Waals surface area contributed by atoms with E-state index < -0.39 is 10.0 Å². The number of pyridine rings is 1. The van der Waals surface area contributed by atoms with Gasteiger partial charge in [-0.3, -0.25) is 19.2 Å². The molecule has 0 unspecified atom stereocenters. The Balaban J connectivity index is 1.49. The maximum absolute atomic E-state index is 12.5. The van der Waals surface area contributed by atoms with Crippen LogP contribution < -0.4 is 4.72 Å². The van der Waals surface area contributed by atoms with Crippen LogP contribution in [0.2, 0.25) is 0 Å². The van der Waals surface area contributed by atoms with Crippen LogP contribution in [0.3, 0.4) is 0 Å². The Hall–Kier alpha value is -3.20. The first-order valence-corrected chi connectivity index (χ1v) is 11.4. The summed E-state index contributed by atoms with van der Waals surface area (Å²) in [5.41, 5.74) is 3.82. The predicted octanol–water partition coefficient (Wildman–Crippen LogP) is 2.59. The van der Waals surface area contributed by atoms with Crippen molar-refractivity contribution >= 4 is 33.2 Å². The molecule has 4 rings (SSSR count).